The largest absolute Gasteiger partial charge is 0.478 e. The van der Waals surface area contributed by atoms with Crippen LogP contribution in [-0.4, -0.2) is 22.7 Å². The number of pyridine rings is 1. The number of carboxylic acids is 1. The second-order valence-electron chi connectivity index (χ2n) is 3.68. The smallest absolute Gasteiger partial charge is 0.328 e. The number of fused-ring (bicyclic) bond motifs is 1. The molecule has 0 amide bonds. The number of para-hydroxylation sites is 1. The number of benzene rings is 1. The molecule has 1 N–H and O–H groups in total. The average molecular weight is 243 g/mol. The lowest BCUT2D eigenvalue weighted by Crippen LogP contribution is -1.98. The number of nitrogens with zero attached hydrogens (tertiary/aromatic N) is 1. The SMILES string of the molecule is CCOc1nc2ccccc2cc1/C=C/C(=O)O. The van der Waals surface area contributed by atoms with Crippen LogP contribution >= 0.6 is 0 Å². The van der Waals surface area contributed by atoms with Crippen molar-refractivity contribution in [1.29, 1.82) is 0 Å². The summed E-state index contributed by atoms with van der Waals surface area (Å²) in [6.07, 6.45) is 2.57. The van der Waals surface area contributed by atoms with Crippen LogP contribution in [0.4, 0.5) is 0 Å². The number of rotatable bonds is 4. The van der Waals surface area contributed by atoms with E-state index in [1.807, 2.05) is 37.3 Å². The van der Waals surface area contributed by atoms with Crippen LogP contribution in [0.1, 0.15) is 12.5 Å². The molecule has 2 aromatic rings. The van der Waals surface area contributed by atoms with Gasteiger partial charge in [-0.2, -0.15) is 0 Å². The van der Waals surface area contributed by atoms with Gasteiger partial charge in [0.25, 0.3) is 0 Å². The Labute approximate surface area is 105 Å². The maximum atomic E-state index is 10.6. The van der Waals surface area contributed by atoms with Crippen molar-refractivity contribution in [2.75, 3.05) is 6.61 Å². The van der Waals surface area contributed by atoms with E-state index in [1.54, 1.807) is 0 Å². The van der Waals surface area contributed by atoms with Crippen molar-refractivity contribution in [1.82, 2.24) is 4.98 Å². The fourth-order valence-electron chi connectivity index (χ4n) is 1.65. The van der Waals surface area contributed by atoms with Gasteiger partial charge in [-0.15, -0.1) is 0 Å². The van der Waals surface area contributed by atoms with E-state index in [2.05, 4.69) is 4.98 Å². The molecule has 0 saturated heterocycles. The summed E-state index contributed by atoms with van der Waals surface area (Å²) in [5, 5.41) is 9.61. The van der Waals surface area contributed by atoms with E-state index >= 15 is 0 Å². The lowest BCUT2D eigenvalue weighted by Gasteiger charge is -2.07. The van der Waals surface area contributed by atoms with Crippen LogP contribution in [0.25, 0.3) is 17.0 Å². The molecule has 0 saturated carbocycles. The average Bonchev–Trinajstić information content (AvgIpc) is 2.36. The van der Waals surface area contributed by atoms with Gasteiger partial charge in [-0.1, -0.05) is 18.2 Å². The van der Waals surface area contributed by atoms with E-state index in [-0.39, 0.29) is 0 Å². The van der Waals surface area contributed by atoms with Crippen LogP contribution in [-0.2, 0) is 4.79 Å². The van der Waals surface area contributed by atoms with Gasteiger partial charge in [0, 0.05) is 17.0 Å². The van der Waals surface area contributed by atoms with E-state index in [9.17, 15) is 4.79 Å². The van der Waals surface area contributed by atoms with Gasteiger partial charge in [0.1, 0.15) is 0 Å². The normalized spacial score (nSPS) is 10.9. The molecule has 0 aliphatic rings. The zero-order chi connectivity index (χ0) is 13.0. The van der Waals surface area contributed by atoms with E-state index in [0.29, 0.717) is 18.1 Å². The van der Waals surface area contributed by atoms with Crippen LogP contribution in [0.2, 0.25) is 0 Å². The minimum Gasteiger partial charge on any atom is -0.478 e. The second kappa shape index (κ2) is 5.31. The van der Waals surface area contributed by atoms with Crippen molar-refractivity contribution in [3.8, 4) is 5.88 Å². The molecule has 0 aliphatic heterocycles. The predicted octanol–water partition coefficient (Wildman–Crippen LogP) is 2.73. The molecule has 1 aromatic heterocycles. The molecule has 18 heavy (non-hydrogen) atoms. The van der Waals surface area contributed by atoms with E-state index in [4.69, 9.17) is 9.84 Å². The first-order chi connectivity index (χ1) is 8.70. The highest BCUT2D eigenvalue weighted by Crippen LogP contribution is 2.23. The molecule has 4 heteroatoms. The molecule has 0 unspecified atom stereocenters. The molecule has 0 fully saturated rings. The van der Waals surface area contributed by atoms with Gasteiger partial charge in [-0.25, -0.2) is 9.78 Å². The number of carbonyl (C=O) groups is 1. The number of hydrogen-bond acceptors (Lipinski definition) is 3. The highest BCUT2D eigenvalue weighted by Gasteiger charge is 2.05. The van der Waals surface area contributed by atoms with E-state index < -0.39 is 5.97 Å². The van der Waals surface area contributed by atoms with E-state index in [0.717, 1.165) is 17.0 Å². The van der Waals surface area contributed by atoms with Gasteiger partial charge in [0.15, 0.2) is 0 Å². The zero-order valence-corrected chi connectivity index (χ0v) is 9.96. The molecule has 0 atom stereocenters. The molecule has 2 rings (SSSR count). The number of aliphatic carboxylic acids is 1. The topological polar surface area (TPSA) is 59.4 Å². The Balaban J connectivity index is 2.53. The first-order valence-electron chi connectivity index (χ1n) is 5.64. The summed E-state index contributed by atoms with van der Waals surface area (Å²) in [6, 6.07) is 9.50. The van der Waals surface area contributed by atoms with Crippen molar-refractivity contribution >= 4 is 22.9 Å². The standard InChI is InChI=1S/C14H13NO3/c1-2-18-14-11(7-8-13(16)17)9-10-5-3-4-6-12(10)15-14/h3-9H,2H2,1H3,(H,16,17)/b8-7+. The lowest BCUT2D eigenvalue weighted by atomic mass is 10.1. The first kappa shape index (κ1) is 12.1. The van der Waals surface area contributed by atoms with Gasteiger partial charge in [0.2, 0.25) is 5.88 Å². The summed E-state index contributed by atoms with van der Waals surface area (Å²) >= 11 is 0. The highest BCUT2D eigenvalue weighted by atomic mass is 16.5. The molecule has 0 bridgehead atoms. The predicted molar refractivity (Wildman–Crippen MR) is 69.6 cm³/mol. The summed E-state index contributed by atoms with van der Waals surface area (Å²) in [6.45, 7) is 2.35. The molecule has 4 nitrogen and oxygen atoms in total. The maximum Gasteiger partial charge on any atom is 0.328 e. The third kappa shape index (κ3) is 2.66. The number of ether oxygens (including phenoxy) is 1. The van der Waals surface area contributed by atoms with Crippen LogP contribution in [0.3, 0.4) is 0 Å². The zero-order valence-electron chi connectivity index (χ0n) is 9.96. The molecule has 92 valence electrons. The van der Waals surface area contributed by atoms with Crippen molar-refractivity contribution in [3.05, 3.63) is 42.0 Å². The van der Waals surface area contributed by atoms with Crippen LogP contribution in [0.5, 0.6) is 5.88 Å². The van der Waals surface area contributed by atoms with Crippen molar-refractivity contribution in [2.24, 2.45) is 0 Å². The van der Waals surface area contributed by atoms with Crippen LogP contribution in [0, 0.1) is 0 Å². The summed E-state index contributed by atoms with van der Waals surface area (Å²) in [7, 11) is 0. The third-order valence-corrected chi connectivity index (χ3v) is 2.40. The van der Waals surface area contributed by atoms with Gasteiger partial charge >= 0.3 is 5.97 Å². The summed E-state index contributed by atoms with van der Waals surface area (Å²) < 4.78 is 5.42. The minimum atomic E-state index is -0.995. The summed E-state index contributed by atoms with van der Waals surface area (Å²) in [5.74, 6) is -0.542. The molecular formula is C14H13NO3. The Morgan fingerprint density at radius 1 is 1.44 bits per heavy atom. The Hall–Kier alpha value is -2.36. The van der Waals surface area contributed by atoms with Gasteiger partial charge in [0.05, 0.1) is 12.1 Å². The quantitative estimate of drug-likeness (QED) is 0.839. The highest BCUT2D eigenvalue weighted by molar-refractivity contribution is 5.88. The van der Waals surface area contributed by atoms with Crippen LogP contribution < -0.4 is 4.74 Å². The Morgan fingerprint density at radius 2 is 2.22 bits per heavy atom. The Kier molecular flexibility index (Phi) is 3.57. The van der Waals surface area contributed by atoms with Gasteiger partial charge in [-0.05, 0) is 25.1 Å². The summed E-state index contributed by atoms with van der Waals surface area (Å²) in [4.78, 5) is 14.9. The fraction of sp³-hybridized carbons (Fsp3) is 0.143. The van der Waals surface area contributed by atoms with Crippen molar-refractivity contribution < 1.29 is 14.6 Å². The number of aromatic nitrogens is 1. The first-order valence-corrected chi connectivity index (χ1v) is 5.64. The van der Waals surface area contributed by atoms with Gasteiger partial charge in [-0.3, -0.25) is 0 Å². The minimum absolute atomic E-state index is 0.453. The summed E-state index contributed by atoms with van der Waals surface area (Å²) in [5.41, 5.74) is 1.49. The van der Waals surface area contributed by atoms with Crippen molar-refractivity contribution in [3.63, 3.8) is 0 Å². The number of hydrogen-bond donors (Lipinski definition) is 1. The van der Waals surface area contributed by atoms with Gasteiger partial charge < -0.3 is 9.84 Å². The molecule has 0 radical (unpaired) electrons. The molecule has 1 heterocycles. The molecule has 0 aliphatic carbocycles. The molecule has 1 aromatic carbocycles. The third-order valence-electron chi connectivity index (χ3n) is 2.40. The van der Waals surface area contributed by atoms with Crippen LogP contribution in [0.15, 0.2) is 36.4 Å². The monoisotopic (exact) mass is 243 g/mol. The van der Waals surface area contributed by atoms with Crippen molar-refractivity contribution in [2.45, 2.75) is 6.92 Å². The Bertz CT molecular complexity index is 605. The second-order valence-corrected chi connectivity index (χ2v) is 3.68. The maximum absolute atomic E-state index is 10.6. The molecule has 0 spiro atoms. The Morgan fingerprint density at radius 3 is 2.94 bits per heavy atom. The number of carboxylic acid groups (broad SMARTS) is 1. The molecular weight excluding hydrogens is 230 g/mol. The van der Waals surface area contributed by atoms with E-state index in [1.165, 1.54) is 6.08 Å². The fourth-order valence-corrected chi connectivity index (χ4v) is 1.65. The lowest BCUT2D eigenvalue weighted by molar-refractivity contribution is -0.131.